The van der Waals surface area contributed by atoms with Crippen LogP contribution in [0, 0.1) is 0 Å². The maximum Gasteiger partial charge on any atom is 0.320 e. The van der Waals surface area contributed by atoms with Crippen molar-refractivity contribution in [2.24, 2.45) is 0 Å². The zero-order valence-electron chi connectivity index (χ0n) is 9.42. The molecule has 1 aliphatic rings. The minimum absolute atomic E-state index is 0.309. The number of carbonyl (C=O) groups excluding carboxylic acids is 1. The highest BCUT2D eigenvalue weighted by Gasteiger charge is 2.28. The first kappa shape index (κ1) is 11.1. The number of aromatic nitrogens is 3. The molecule has 18 heavy (non-hydrogen) atoms. The van der Waals surface area contributed by atoms with E-state index in [2.05, 4.69) is 24.4 Å². The molecule has 1 saturated carbocycles. The Kier molecular flexibility index (Phi) is 2.93. The summed E-state index contributed by atoms with van der Waals surface area (Å²) in [5, 5.41) is 5.22. The van der Waals surface area contributed by atoms with Gasteiger partial charge in [0, 0.05) is 5.92 Å². The van der Waals surface area contributed by atoms with Gasteiger partial charge in [-0.05, 0) is 12.8 Å². The first-order chi connectivity index (χ1) is 8.81. The molecule has 0 radical (unpaired) electrons. The highest BCUT2D eigenvalue weighted by atomic mass is 32.1. The van der Waals surface area contributed by atoms with Gasteiger partial charge in [0.2, 0.25) is 0 Å². The van der Waals surface area contributed by atoms with Crippen molar-refractivity contribution in [3.05, 3.63) is 24.0 Å². The molecular formula is C10H11N5O2S. The molecule has 8 heteroatoms. The largest absolute Gasteiger partial charge is 0.444 e. The number of anilines is 1. The van der Waals surface area contributed by atoms with Crippen LogP contribution in [0.4, 0.5) is 10.6 Å². The van der Waals surface area contributed by atoms with E-state index in [1.165, 1.54) is 6.20 Å². The summed E-state index contributed by atoms with van der Waals surface area (Å²) in [6, 6.07) is -0.341. The molecule has 1 aliphatic carbocycles. The monoisotopic (exact) mass is 265 g/mol. The quantitative estimate of drug-likeness (QED) is 0.878. The molecule has 0 aromatic carbocycles. The molecule has 1 fully saturated rings. The van der Waals surface area contributed by atoms with E-state index in [0.29, 0.717) is 24.0 Å². The SMILES string of the molecule is O=C(NCc1cnc(C2CC2)o1)Nc1cnsn1. The number of rotatable bonds is 4. The lowest BCUT2D eigenvalue weighted by molar-refractivity contribution is 0.250. The molecule has 0 aliphatic heterocycles. The van der Waals surface area contributed by atoms with Gasteiger partial charge in [0.1, 0.15) is 5.76 Å². The number of oxazole rings is 1. The van der Waals surface area contributed by atoms with Crippen molar-refractivity contribution in [3.8, 4) is 0 Å². The normalized spacial score (nSPS) is 14.4. The van der Waals surface area contributed by atoms with Crippen LogP contribution in [-0.4, -0.2) is 19.8 Å². The summed E-state index contributed by atoms with van der Waals surface area (Å²) in [6.45, 7) is 0.309. The molecular weight excluding hydrogens is 254 g/mol. The van der Waals surface area contributed by atoms with Crippen molar-refractivity contribution in [2.75, 3.05) is 5.32 Å². The average Bonchev–Trinajstić information content (AvgIpc) is 2.90. The van der Waals surface area contributed by atoms with E-state index in [1.807, 2.05) is 0 Å². The zero-order chi connectivity index (χ0) is 12.4. The van der Waals surface area contributed by atoms with Crippen molar-refractivity contribution in [2.45, 2.75) is 25.3 Å². The van der Waals surface area contributed by atoms with E-state index in [0.717, 1.165) is 30.5 Å². The molecule has 0 atom stereocenters. The molecule has 2 aromatic heterocycles. The zero-order valence-corrected chi connectivity index (χ0v) is 10.2. The third kappa shape index (κ3) is 2.65. The second-order valence-electron chi connectivity index (χ2n) is 4.04. The van der Waals surface area contributed by atoms with E-state index in [9.17, 15) is 4.79 Å². The molecule has 2 amide bonds. The first-order valence-electron chi connectivity index (χ1n) is 5.58. The van der Waals surface area contributed by atoms with Crippen LogP contribution in [0.2, 0.25) is 0 Å². The Morgan fingerprint density at radius 2 is 2.39 bits per heavy atom. The number of nitrogens with zero attached hydrogens (tertiary/aromatic N) is 3. The summed E-state index contributed by atoms with van der Waals surface area (Å²) in [6.07, 6.45) is 5.43. The van der Waals surface area contributed by atoms with Crippen LogP contribution in [0.5, 0.6) is 0 Å². The highest BCUT2D eigenvalue weighted by molar-refractivity contribution is 6.99. The van der Waals surface area contributed by atoms with Crippen LogP contribution in [0.3, 0.4) is 0 Å². The van der Waals surface area contributed by atoms with E-state index >= 15 is 0 Å². The fraction of sp³-hybridized carbons (Fsp3) is 0.400. The molecule has 7 nitrogen and oxygen atoms in total. The standard InChI is InChI=1S/C10H11N5O2S/c16-10(14-8-5-13-18-15-8)12-4-7-3-11-9(17-7)6-1-2-6/h3,5-6H,1-2,4H2,(H2,12,14,15,16). The average molecular weight is 265 g/mol. The van der Waals surface area contributed by atoms with Gasteiger partial charge in [-0.3, -0.25) is 5.32 Å². The van der Waals surface area contributed by atoms with Crippen molar-refractivity contribution in [1.82, 2.24) is 19.0 Å². The molecule has 2 heterocycles. The van der Waals surface area contributed by atoms with Crippen LogP contribution in [0.15, 0.2) is 16.8 Å². The Balaban J connectivity index is 1.49. The van der Waals surface area contributed by atoms with Gasteiger partial charge in [0.25, 0.3) is 0 Å². The van der Waals surface area contributed by atoms with Crippen molar-refractivity contribution in [3.63, 3.8) is 0 Å². The number of carbonyl (C=O) groups is 1. The predicted molar refractivity (Wildman–Crippen MR) is 64.2 cm³/mol. The Hall–Kier alpha value is -1.96. The lowest BCUT2D eigenvalue weighted by Crippen LogP contribution is -2.28. The maximum atomic E-state index is 11.5. The molecule has 3 rings (SSSR count). The van der Waals surface area contributed by atoms with Crippen LogP contribution >= 0.6 is 11.7 Å². The van der Waals surface area contributed by atoms with Crippen LogP contribution < -0.4 is 10.6 Å². The van der Waals surface area contributed by atoms with Gasteiger partial charge in [0.05, 0.1) is 30.7 Å². The summed E-state index contributed by atoms with van der Waals surface area (Å²) in [4.78, 5) is 15.7. The Labute approximate surface area is 107 Å². The third-order valence-electron chi connectivity index (χ3n) is 2.52. The maximum absolute atomic E-state index is 11.5. The van der Waals surface area contributed by atoms with E-state index in [1.54, 1.807) is 6.20 Å². The van der Waals surface area contributed by atoms with Crippen molar-refractivity contribution in [1.29, 1.82) is 0 Å². The fourth-order valence-electron chi connectivity index (χ4n) is 1.47. The second kappa shape index (κ2) is 4.73. The highest BCUT2D eigenvalue weighted by Crippen LogP contribution is 2.39. The van der Waals surface area contributed by atoms with E-state index in [4.69, 9.17) is 4.42 Å². The van der Waals surface area contributed by atoms with Gasteiger partial charge in [-0.25, -0.2) is 9.78 Å². The second-order valence-corrected chi connectivity index (χ2v) is 4.60. The van der Waals surface area contributed by atoms with Crippen LogP contribution in [0.1, 0.15) is 30.4 Å². The predicted octanol–water partition coefficient (Wildman–Crippen LogP) is 1.73. The number of hydrogen-bond acceptors (Lipinski definition) is 6. The Morgan fingerprint density at radius 3 is 3.11 bits per heavy atom. The summed E-state index contributed by atoms with van der Waals surface area (Å²) in [5.41, 5.74) is 0. The lowest BCUT2D eigenvalue weighted by Gasteiger charge is -2.02. The minimum Gasteiger partial charge on any atom is -0.444 e. The molecule has 94 valence electrons. The fourth-order valence-corrected chi connectivity index (χ4v) is 1.85. The van der Waals surface area contributed by atoms with Gasteiger partial charge in [-0.1, -0.05) is 0 Å². The topological polar surface area (TPSA) is 92.9 Å². The molecule has 2 N–H and O–H groups in total. The van der Waals surface area contributed by atoms with Crippen molar-refractivity contribution >= 4 is 23.6 Å². The molecule has 0 unspecified atom stereocenters. The summed E-state index contributed by atoms with van der Waals surface area (Å²) >= 11 is 1.04. The van der Waals surface area contributed by atoms with E-state index < -0.39 is 0 Å². The molecule has 0 bridgehead atoms. The van der Waals surface area contributed by atoms with Crippen LogP contribution in [-0.2, 0) is 6.54 Å². The molecule has 2 aromatic rings. The molecule has 0 spiro atoms. The number of hydrogen-bond donors (Lipinski definition) is 2. The van der Waals surface area contributed by atoms with Gasteiger partial charge in [0.15, 0.2) is 11.7 Å². The third-order valence-corrected chi connectivity index (χ3v) is 3.00. The van der Waals surface area contributed by atoms with Crippen molar-refractivity contribution < 1.29 is 9.21 Å². The number of urea groups is 1. The Bertz CT molecular complexity index is 534. The van der Waals surface area contributed by atoms with Crippen LogP contribution in [0.25, 0.3) is 0 Å². The number of nitrogens with one attached hydrogen (secondary N) is 2. The number of amides is 2. The summed E-state index contributed by atoms with van der Waals surface area (Å²) < 4.78 is 13.2. The van der Waals surface area contributed by atoms with Gasteiger partial charge >= 0.3 is 6.03 Å². The van der Waals surface area contributed by atoms with Gasteiger partial charge < -0.3 is 9.73 Å². The minimum atomic E-state index is -0.341. The lowest BCUT2D eigenvalue weighted by atomic mass is 10.4. The molecule has 0 saturated heterocycles. The summed E-state index contributed by atoms with van der Waals surface area (Å²) in [7, 11) is 0. The smallest absolute Gasteiger partial charge is 0.320 e. The Morgan fingerprint density at radius 1 is 1.50 bits per heavy atom. The first-order valence-corrected chi connectivity index (χ1v) is 6.31. The summed E-state index contributed by atoms with van der Waals surface area (Å²) in [5.74, 6) is 2.35. The van der Waals surface area contributed by atoms with Gasteiger partial charge in [-0.15, -0.1) is 0 Å². The van der Waals surface area contributed by atoms with Gasteiger partial charge in [-0.2, -0.15) is 8.75 Å². The van der Waals surface area contributed by atoms with E-state index in [-0.39, 0.29) is 6.03 Å².